The van der Waals surface area contributed by atoms with Crippen LogP contribution in [0.3, 0.4) is 0 Å². The third-order valence-corrected chi connectivity index (χ3v) is 4.21. The predicted molar refractivity (Wildman–Crippen MR) is 99.6 cm³/mol. The maximum absolute atomic E-state index is 12.9. The number of fused-ring (bicyclic) bond motifs is 1. The lowest BCUT2D eigenvalue weighted by Gasteiger charge is -2.07. The summed E-state index contributed by atoms with van der Waals surface area (Å²) in [5, 5.41) is 0. The first-order valence-electron chi connectivity index (χ1n) is 8.57. The molecule has 2 heterocycles. The maximum Gasteiger partial charge on any atom is 0.306 e. The van der Waals surface area contributed by atoms with E-state index in [9.17, 15) is 9.59 Å². The second-order valence-electron chi connectivity index (χ2n) is 5.86. The van der Waals surface area contributed by atoms with Crippen LogP contribution in [0.4, 0.5) is 0 Å². The molecule has 0 unspecified atom stereocenters. The van der Waals surface area contributed by atoms with E-state index in [-0.39, 0.29) is 24.6 Å². The smallest absolute Gasteiger partial charge is 0.306 e. The van der Waals surface area contributed by atoms with E-state index in [1.807, 2.05) is 59.1 Å². The number of ketones is 1. The Bertz CT molecular complexity index is 925. The molecule has 0 radical (unpaired) electrons. The molecular weight excluding hydrogens is 330 g/mol. The molecule has 5 nitrogen and oxygen atoms in total. The maximum atomic E-state index is 12.9. The summed E-state index contributed by atoms with van der Waals surface area (Å²) in [6.07, 6.45) is 2.05. The van der Waals surface area contributed by atoms with Gasteiger partial charge in [0.05, 0.1) is 25.8 Å². The van der Waals surface area contributed by atoms with Crippen molar-refractivity contribution >= 4 is 17.3 Å². The number of ether oxygens (including phenoxy) is 2. The number of esters is 1. The third-order valence-electron chi connectivity index (χ3n) is 4.21. The molecule has 0 amide bonds. The molecule has 0 atom stereocenters. The minimum absolute atomic E-state index is 0.0782. The number of pyridine rings is 1. The molecule has 0 bridgehead atoms. The molecular formula is C21H21NO4. The van der Waals surface area contributed by atoms with E-state index in [4.69, 9.17) is 9.47 Å². The van der Waals surface area contributed by atoms with Gasteiger partial charge in [0.15, 0.2) is 5.78 Å². The molecule has 1 aromatic carbocycles. The van der Waals surface area contributed by atoms with Gasteiger partial charge < -0.3 is 13.9 Å². The van der Waals surface area contributed by atoms with Crippen molar-refractivity contribution in [2.45, 2.75) is 19.8 Å². The van der Waals surface area contributed by atoms with Gasteiger partial charge in [0.1, 0.15) is 5.75 Å². The predicted octanol–water partition coefficient (Wildman–Crippen LogP) is 4.14. The highest BCUT2D eigenvalue weighted by atomic mass is 16.5. The van der Waals surface area contributed by atoms with Gasteiger partial charge in [-0.15, -0.1) is 0 Å². The summed E-state index contributed by atoms with van der Waals surface area (Å²) in [5.74, 6) is 0.315. The molecule has 0 aliphatic rings. The second kappa shape index (κ2) is 7.87. The fourth-order valence-electron chi connectivity index (χ4n) is 2.97. The van der Waals surface area contributed by atoms with Crippen molar-refractivity contribution in [3.8, 4) is 16.9 Å². The molecule has 2 aromatic heterocycles. The minimum Gasteiger partial charge on any atom is -0.497 e. The minimum atomic E-state index is -0.354. The fraction of sp³-hybridized carbons (Fsp3) is 0.238. The van der Waals surface area contributed by atoms with Crippen LogP contribution >= 0.6 is 0 Å². The number of rotatable bonds is 7. The Morgan fingerprint density at radius 3 is 2.50 bits per heavy atom. The Hall–Kier alpha value is -3.08. The lowest BCUT2D eigenvalue weighted by atomic mass is 10.0. The van der Waals surface area contributed by atoms with Crippen LogP contribution in [0, 0.1) is 0 Å². The van der Waals surface area contributed by atoms with Gasteiger partial charge in [-0.25, -0.2) is 0 Å². The van der Waals surface area contributed by atoms with Crippen LogP contribution in [0.1, 0.15) is 30.3 Å². The Labute approximate surface area is 152 Å². The Balaban J connectivity index is 1.99. The van der Waals surface area contributed by atoms with Gasteiger partial charge in [-0.1, -0.05) is 18.2 Å². The molecule has 5 heteroatoms. The van der Waals surface area contributed by atoms with Crippen molar-refractivity contribution in [3.63, 3.8) is 0 Å². The third kappa shape index (κ3) is 3.61. The number of nitrogens with zero attached hydrogens (tertiary/aromatic N) is 1. The molecule has 0 saturated heterocycles. The number of benzene rings is 1. The first kappa shape index (κ1) is 17.7. The van der Waals surface area contributed by atoms with Crippen molar-refractivity contribution in [3.05, 3.63) is 60.4 Å². The van der Waals surface area contributed by atoms with Gasteiger partial charge >= 0.3 is 5.97 Å². The molecule has 0 aliphatic heterocycles. The Kier molecular flexibility index (Phi) is 5.37. The van der Waals surface area contributed by atoms with Gasteiger partial charge in [-0.3, -0.25) is 9.59 Å². The van der Waals surface area contributed by atoms with Crippen LogP contribution in [0.2, 0.25) is 0 Å². The summed E-state index contributed by atoms with van der Waals surface area (Å²) < 4.78 is 12.0. The Morgan fingerprint density at radius 2 is 1.81 bits per heavy atom. The molecule has 0 saturated carbocycles. The quantitative estimate of drug-likeness (QED) is 0.474. The molecule has 134 valence electrons. The lowest BCUT2D eigenvalue weighted by Crippen LogP contribution is -2.10. The number of methoxy groups -OCH3 is 1. The first-order chi connectivity index (χ1) is 12.6. The van der Waals surface area contributed by atoms with Gasteiger partial charge in [0.2, 0.25) is 0 Å². The standard InChI is InChI=1S/C21H21NO4/c1-3-26-20(24)12-11-19(23)21-18(14-16-6-4-5-13-22(16)21)15-7-9-17(25-2)10-8-15/h4-10,13-14H,3,11-12H2,1-2H3. The van der Waals surface area contributed by atoms with Gasteiger partial charge in [-0.05, 0) is 42.8 Å². The zero-order valence-corrected chi connectivity index (χ0v) is 14.9. The highest BCUT2D eigenvalue weighted by Crippen LogP contribution is 2.30. The van der Waals surface area contributed by atoms with E-state index in [0.717, 1.165) is 22.4 Å². The van der Waals surface area contributed by atoms with E-state index < -0.39 is 0 Å². The van der Waals surface area contributed by atoms with Crippen LogP contribution in [-0.2, 0) is 9.53 Å². The van der Waals surface area contributed by atoms with Crippen LogP contribution < -0.4 is 4.74 Å². The number of aromatic nitrogens is 1. The van der Waals surface area contributed by atoms with Crippen LogP contribution in [0.25, 0.3) is 16.6 Å². The van der Waals surface area contributed by atoms with Crippen molar-refractivity contribution in [1.29, 1.82) is 0 Å². The van der Waals surface area contributed by atoms with Gasteiger partial charge in [-0.2, -0.15) is 0 Å². The summed E-state index contributed by atoms with van der Waals surface area (Å²) in [5.41, 5.74) is 3.27. The average Bonchev–Trinajstić information content (AvgIpc) is 3.06. The summed E-state index contributed by atoms with van der Waals surface area (Å²) in [6, 6.07) is 15.3. The molecule has 0 aliphatic carbocycles. The number of carbonyl (C=O) groups excluding carboxylic acids is 2. The number of Topliss-reactive ketones (excluding diaryl/α,β-unsaturated/α-hetero) is 1. The SMILES string of the molecule is CCOC(=O)CCC(=O)c1c(-c2ccc(OC)cc2)cc2ccccn12. The first-order valence-corrected chi connectivity index (χ1v) is 8.57. The molecule has 3 rings (SSSR count). The number of hydrogen-bond donors (Lipinski definition) is 0. The zero-order chi connectivity index (χ0) is 18.5. The Morgan fingerprint density at radius 1 is 1.04 bits per heavy atom. The fourth-order valence-corrected chi connectivity index (χ4v) is 2.97. The average molecular weight is 351 g/mol. The largest absolute Gasteiger partial charge is 0.497 e. The number of carbonyl (C=O) groups is 2. The summed E-state index contributed by atoms with van der Waals surface area (Å²) in [6.45, 7) is 2.07. The molecule has 0 fully saturated rings. The molecule has 0 N–H and O–H groups in total. The highest BCUT2D eigenvalue weighted by Gasteiger charge is 2.19. The van der Waals surface area contributed by atoms with Crippen molar-refractivity contribution in [1.82, 2.24) is 4.40 Å². The van der Waals surface area contributed by atoms with Crippen molar-refractivity contribution < 1.29 is 19.1 Å². The molecule has 26 heavy (non-hydrogen) atoms. The normalized spacial score (nSPS) is 10.7. The lowest BCUT2D eigenvalue weighted by molar-refractivity contribution is -0.143. The van der Waals surface area contributed by atoms with Crippen molar-refractivity contribution in [2.24, 2.45) is 0 Å². The van der Waals surface area contributed by atoms with E-state index in [1.165, 1.54) is 0 Å². The molecule has 3 aromatic rings. The van der Waals surface area contributed by atoms with E-state index in [1.54, 1.807) is 14.0 Å². The summed E-state index contributed by atoms with van der Waals surface area (Å²) in [4.78, 5) is 24.5. The zero-order valence-electron chi connectivity index (χ0n) is 14.9. The van der Waals surface area contributed by atoms with Crippen molar-refractivity contribution in [2.75, 3.05) is 13.7 Å². The topological polar surface area (TPSA) is 57.0 Å². The summed E-state index contributed by atoms with van der Waals surface area (Å²) in [7, 11) is 1.62. The number of hydrogen-bond acceptors (Lipinski definition) is 4. The van der Waals surface area contributed by atoms with E-state index in [2.05, 4.69) is 0 Å². The summed E-state index contributed by atoms with van der Waals surface area (Å²) >= 11 is 0. The van der Waals surface area contributed by atoms with E-state index in [0.29, 0.717) is 12.3 Å². The van der Waals surface area contributed by atoms with Crippen LogP contribution in [-0.4, -0.2) is 29.9 Å². The van der Waals surface area contributed by atoms with Gasteiger partial charge in [0.25, 0.3) is 0 Å². The second-order valence-corrected chi connectivity index (χ2v) is 5.86. The van der Waals surface area contributed by atoms with Crippen LogP contribution in [0.15, 0.2) is 54.7 Å². The van der Waals surface area contributed by atoms with E-state index >= 15 is 0 Å². The van der Waals surface area contributed by atoms with Gasteiger partial charge in [0, 0.05) is 23.7 Å². The van der Waals surface area contributed by atoms with Crippen LogP contribution in [0.5, 0.6) is 5.75 Å². The highest BCUT2D eigenvalue weighted by molar-refractivity contribution is 6.03. The monoisotopic (exact) mass is 351 g/mol. The molecule has 0 spiro atoms.